The molecule has 0 unspecified atom stereocenters. The van der Waals surface area contributed by atoms with Crippen molar-refractivity contribution in [1.29, 1.82) is 0 Å². The van der Waals surface area contributed by atoms with Gasteiger partial charge in [0.05, 0.1) is 13.2 Å². The van der Waals surface area contributed by atoms with Crippen LogP contribution in [0, 0.1) is 0 Å². The van der Waals surface area contributed by atoms with Gasteiger partial charge >= 0.3 is 5.97 Å². The van der Waals surface area contributed by atoms with Gasteiger partial charge in [0, 0.05) is 39.3 Å². The predicted octanol–water partition coefficient (Wildman–Crippen LogP) is 1.34. The van der Waals surface area contributed by atoms with Crippen molar-refractivity contribution >= 4 is 11.8 Å². The Bertz CT molecular complexity index is 527. The molecule has 1 aliphatic rings. The van der Waals surface area contributed by atoms with E-state index in [1.54, 1.807) is 6.92 Å². The zero-order valence-corrected chi connectivity index (χ0v) is 15.0. The standard InChI is InChI=1S/C19H28N2O4/c1-2-25-19(23)14-18(22)16-24-13-12-20-8-10-21(11-9-20)15-17-6-4-3-5-7-17/h3-7H,2,8-16H2,1H3. The lowest BCUT2D eigenvalue weighted by molar-refractivity contribution is -0.146. The van der Waals surface area contributed by atoms with Crippen LogP contribution in [0.25, 0.3) is 0 Å². The summed E-state index contributed by atoms with van der Waals surface area (Å²) in [4.78, 5) is 27.5. The van der Waals surface area contributed by atoms with Crippen LogP contribution in [0.3, 0.4) is 0 Å². The van der Waals surface area contributed by atoms with E-state index in [-0.39, 0.29) is 18.8 Å². The Morgan fingerprint density at radius 1 is 1.04 bits per heavy atom. The molecule has 1 aromatic rings. The number of esters is 1. The molecule has 0 N–H and O–H groups in total. The molecule has 2 rings (SSSR count). The van der Waals surface area contributed by atoms with Gasteiger partial charge in [-0.25, -0.2) is 0 Å². The summed E-state index contributed by atoms with van der Waals surface area (Å²) in [5, 5.41) is 0. The van der Waals surface area contributed by atoms with Crippen LogP contribution in [0.5, 0.6) is 0 Å². The number of nitrogens with zero attached hydrogens (tertiary/aromatic N) is 2. The summed E-state index contributed by atoms with van der Waals surface area (Å²) in [6.45, 7) is 8.40. The molecule has 0 radical (unpaired) electrons. The average molecular weight is 348 g/mol. The first-order valence-corrected chi connectivity index (χ1v) is 8.91. The Morgan fingerprint density at radius 2 is 1.72 bits per heavy atom. The Morgan fingerprint density at radius 3 is 2.40 bits per heavy atom. The number of ketones is 1. The van der Waals surface area contributed by atoms with Crippen LogP contribution in [-0.4, -0.2) is 74.1 Å². The normalized spacial score (nSPS) is 15.9. The van der Waals surface area contributed by atoms with Gasteiger partial charge in [-0.1, -0.05) is 30.3 Å². The molecule has 0 aromatic heterocycles. The Kier molecular flexibility index (Phi) is 8.59. The van der Waals surface area contributed by atoms with Crippen molar-refractivity contribution in [2.45, 2.75) is 19.9 Å². The smallest absolute Gasteiger partial charge is 0.313 e. The van der Waals surface area contributed by atoms with Gasteiger partial charge in [0.25, 0.3) is 0 Å². The van der Waals surface area contributed by atoms with Gasteiger partial charge in [-0.2, -0.15) is 0 Å². The maximum atomic E-state index is 11.5. The second-order valence-corrected chi connectivity index (χ2v) is 6.18. The van der Waals surface area contributed by atoms with Crippen molar-refractivity contribution < 1.29 is 19.1 Å². The molecule has 0 aliphatic carbocycles. The Hall–Kier alpha value is -1.76. The fourth-order valence-electron chi connectivity index (χ4n) is 2.82. The van der Waals surface area contributed by atoms with Gasteiger partial charge in [-0.05, 0) is 12.5 Å². The van der Waals surface area contributed by atoms with Gasteiger partial charge in [0.15, 0.2) is 5.78 Å². The van der Waals surface area contributed by atoms with Crippen LogP contribution in [0.1, 0.15) is 18.9 Å². The summed E-state index contributed by atoms with van der Waals surface area (Å²) in [6.07, 6.45) is -0.202. The fourth-order valence-corrected chi connectivity index (χ4v) is 2.82. The van der Waals surface area contributed by atoms with E-state index in [4.69, 9.17) is 9.47 Å². The third kappa shape index (κ3) is 7.77. The first kappa shape index (κ1) is 19.6. The molecule has 0 saturated carbocycles. The van der Waals surface area contributed by atoms with Crippen molar-refractivity contribution in [2.24, 2.45) is 0 Å². The SMILES string of the molecule is CCOC(=O)CC(=O)COCCN1CCN(Cc2ccccc2)CC1. The molecule has 0 atom stereocenters. The van der Waals surface area contributed by atoms with E-state index < -0.39 is 5.97 Å². The molecule has 0 spiro atoms. The van der Waals surface area contributed by atoms with E-state index in [0.29, 0.717) is 13.2 Å². The number of hydrogen-bond donors (Lipinski definition) is 0. The zero-order chi connectivity index (χ0) is 17.9. The second kappa shape index (κ2) is 11.0. The molecule has 1 aromatic carbocycles. The van der Waals surface area contributed by atoms with Crippen LogP contribution in [-0.2, 0) is 25.6 Å². The largest absolute Gasteiger partial charge is 0.466 e. The van der Waals surface area contributed by atoms with Crippen molar-refractivity contribution in [1.82, 2.24) is 9.80 Å². The van der Waals surface area contributed by atoms with Crippen LogP contribution in [0.4, 0.5) is 0 Å². The van der Waals surface area contributed by atoms with E-state index in [9.17, 15) is 9.59 Å². The first-order chi connectivity index (χ1) is 12.2. The maximum absolute atomic E-state index is 11.5. The van der Waals surface area contributed by atoms with E-state index in [1.807, 2.05) is 6.07 Å². The predicted molar refractivity (Wildman–Crippen MR) is 95.2 cm³/mol. The van der Waals surface area contributed by atoms with Crippen LogP contribution < -0.4 is 0 Å². The molecule has 1 saturated heterocycles. The molecule has 1 fully saturated rings. The van der Waals surface area contributed by atoms with Crippen molar-refractivity contribution in [3.05, 3.63) is 35.9 Å². The number of carbonyl (C=O) groups excluding carboxylic acids is 2. The number of rotatable bonds is 10. The quantitative estimate of drug-likeness (QED) is 0.361. The van der Waals surface area contributed by atoms with E-state index in [1.165, 1.54) is 5.56 Å². The number of benzene rings is 1. The molecule has 1 aliphatic heterocycles. The molecule has 1 heterocycles. The van der Waals surface area contributed by atoms with Crippen molar-refractivity contribution in [2.75, 3.05) is 52.5 Å². The van der Waals surface area contributed by atoms with Crippen LogP contribution in [0.2, 0.25) is 0 Å². The average Bonchev–Trinajstić information content (AvgIpc) is 2.61. The van der Waals surface area contributed by atoms with Gasteiger partial charge < -0.3 is 9.47 Å². The molecule has 0 amide bonds. The molecular weight excluding hydrogens is 320 g/mol. The molecule has 138 valence electrons. The maximum Gasteiger partial charge on any atom is 0.313 e. The highest BCUT2D eigenvalue weighted by Gasteiger charge is 2.17. The van der Waals surface area contributed by atoms with Crippen molar-refractivity contribution in [3.8, 4) is 0 Å². The zero-order valence-electron chi connectivity index (χ0n) is 15.0. The second-order valence-electron chi connectivity index (χ2n) is 6.18. The number of piperazine rings is 1. The number of hydrogen-bond acceptors (Lipinski definition) is 6. The lowest BCUT2D eigenvalue weighted by Crippen LogP contribution is -2.46. The van der Waals surface area contributed by atoms with E-state index in [2.05, 4.69) is 34.1 Å². The molecule has 6 heteroatoms. The number of ether oxygens (including phenoxy) is 2. The molecular formula is C19H28N2O4. The topological polar surface area (TPSA) is 59.1 Å². The summed E-state index contributed by atoms with van der Waals surface area (Å²) in [6, 6.07) is 10.5. The van der Waals surface area contributed by atoms with E-state index >= 15 is 0 Å². The van der Waals surface area contributed by atoms with Gasteiger partial charge in [0.1, 0.15) is 13.0 Å². The minimum atomic E-state index is -0.481. The summed E-state index contributed by atoms with van der Waals surface area (Å²) >= 11 is 0. The lowest BCUT2D eigenvalue weighted by atomic mass is 10.2. The highest BCUT2D eigenvalue weighted by Crippen LogP contribution is 2.08. The fraction of sp³-hybridized carbons (Fsp3) is 0.579. The third-order valence-electron chi connectivity index (χ3n) is 4.18. The number of carbonyl (C=O) groups is 2. The lowest BCUT2D eigenvalue weighted by Gasteiger charge is -2.34. The Labute approximate surface area is 149 Å². The minimum Gasteiger partial charge on any atom is -0.466 e. The summed E-state index contributed by atoms with van der Waals surface area (Å²) < 4.78 is 10.1. The molecule has 0 bridgehead atoms. The summed E-state index contributed by atoms with van der Waals surface area (Å²) in [7, 11) is 0. The van der Waals surface area contributed by atoms with Crippen LogP contribution in [0.15, 0.2) is 30.3 Å². The van der Waals surface area contributed by atoms with Crippen molar-refractivity contribution in [3.63, 3.8) is 0 Å². The summed E-state index contributed by atoms with van der Waals surface area (Å²) in [5.74, 6) is -0.711. The number of Topliss-reactive ketones (excluding diaryl/α,β-unsaturated/α-hetero) is 1. The third-order valence-corrected chi connectivity index (χ3v) is 4.18. The van der Waals surface area contributed by atoms with Gasteiger partial charge in [-0.3, -0.25) is 19.4 Å². The van der Waals surface area contributed by atoms with E-state index in [0.717, 1.165) is 39.3 Å². The van der Waals surface area contributed by atoms with Crippen LogP contribution >= 0.6 is 0 Å². The first-order valence-electron chi connectivity index (χ1n) is 8.91. The Balaban J connectivity index is 1.54. The highest BCUT2D eigenvalue weighted by molar-refractivity contribution is 5.96. The monoisotopic (exact) mass is 348 g/mol. The van der Waals surface area contributed by atoms with Gasteiger partial charge in [0.2, 0.25) is 0 Å². The van der Waals surface area contributed by atoms with Gasteiger partial charge in [-0.15, -0.1) is 0 Å². The molecule has 25 heavy (non-hydrogen) atoms. The highest BCUT2D eigenvalue weighted by atomic mass is 16.5. The summed E-state index contributed by atoms with van der Waals surface area (Å²) in [5.41, 5.74) is 1.35. The minimum absolute atomic E-state index is 0.0210. The molecule has 6 nitrogen and oxygen atoms in total.